The molecule has 0 aliphatic heterocycles. The van der Waals surface area contributed by atoms with Crippen LogP contribution in [0, 0.1) is 6.92 Å². The average molecular weight is 358 g/mol. The van der Waals surface area contributed by atoms with Crippen molar-refractivity contribution in [1.29, 1.82) is 0 Å². The summed E-state index contributed by atoms with van der Waals surface area (Å²) < 4.78 is 19.4. The third-order valence-electron chi connectivity index (χ3n) is 4.57. The lowest BCUT2D eigenvalue weighted by molar-refractivity contribution is -0.131. The second kappa shape index (κ2) is 7.58. The van der Waals surface area contributed by atoms with E-state index in [0.29, 0.717) is 5.75 Å². The van der Waals surface area contributed by atoms with Gasteiger partial charge in [0.15, 0.2) is 0 Å². The Morgan fingerprint density at radius 1 is 0.960 bits per heavy atom. The molecule has 0 amide bonds. The molecule has 0 saturated carbocycles. The number of esters is 1. The minimum Gasteiger partial charge on any atom is -0.426 e. The van der Waals surface area contributed by atoms with E-state index in [1.165, 1.54) is 6.92 Å². The zero-order valence-corrected chi connectivity index (χ0v) is 16.8. The summed E-state index contributed by atoms with van der Waals surface area (Å²) in [5, 5.41) is 0.864. The molecule has 0 fully saturated rings. The smallest absolute Gasteiger partial charge is 0.308 e. The number of carbonyl (C=O) groups excluding carboxylic acids is 1. The molecular weight excluding hydrogens is 331 g/mol. The van der Waals surface area contributed by atoms with Gasteiger partial charge in [0.25, 0.3) is 0 Å². The third-order valence-corrected chi connectivity index (χ3v) is 8.78. The first-order chi connectivity index (χ1) is 11.7. The monoisotopic (exact) mass is 358 g/mol. The van der Waals surface area contributed by atoms with Gasteiger partial charge in [0.05, 0.1) is 0 Å². The molecular formula is C21H27O3P. The molecule has 0 aliphatic carbocycles. The van der Waals surface area contributed by atoms with Crippen molar-refractivity contribution in [3.63, 3.8) is 0 Å². The van der Waals surface area contributed by atoms with Crippen LogP contribution in [0.2, 0.25) is 0 Å². The van der Waals surface area contributed by atoms with Crippen molar-refractivity contribution >= 4 is 18.4 Å². The highest BCUT2D eigenvalue weighted by atomic mass is 31.2. The fourth-order valence-corrected chi connectivity index (χ4v) is 6.56. The highest BCUT2D eigenvalue weighted by Crippen LogP contribution is 2.56. The van der Waals surface area contributed by atoms with Gasteiger partial charge in [-0.2, -0.15) is 0 Å². The Kier molecular flexibility index (Phi) is 5.90. The molecule has 0 heterocycles. The van der Waals surface area contributed by atoms with E-state index in [9.17, 15) is 9.36 Å². The van der Waals surface area contributed by atoms with E-state index in [4.69, 9.17) is 4.74 Å². The molecule has 2 aromatic rings. The normalized spacial score (nSPS) is 11.8. The molecule has 25 heavy (non-hydrogen) atoms. The molecule has 0 aliphatic rings. The van der Waals surface area contributed by atoms with E-state index in [0.717, 1.165) is 22.0 Å². The number of carbonyl (C=O) groups is 1. The van der Waals surface area contributed by atoms with Crippen LogP contribution in [0.15, 0.2) is 42.5 Å². The minimum atomic E-state index is -2.63. The van der Waals surface area contributed by atoms with Crippen molar-refractivity contribution < 1.29 is 14.1 Å². The van der Waals surface area contributed by atoms with Gasteiger partial charge in [0.2, 0.25) is 0 Å². The minimum absolute atomic E-state index is 0.0369. The first kappa shape index (κ1) is 19.5. The van der Waals surface area contributed by atoms with Crippen LogP contribution in [0.3, 0.4) is 0 Å². The third kappa shape index (κ3) is 3.72. The Balaban J connectivity index is 2.80. The molecule has 0 spiro atoms. The molecule has 0 aromatic heterocycles. The maximum Gasteiger partial charge on any atom is 0.308 e. The first-order valence-corrected chi connectivity index (χ1v) is 10.5. The Morgan fingerprint density at radius 2 is 1.56 bits per heavy atom. The molecule has 0 saturated heterocycles. The van der Waals surface area contributed by atoms with Gasteiger partial charge in [-0.3, -0.25) is 4.79 Å². The fraction of sp³-hybridized carbons (Fsp3) is 0.381. The van der Waals surface area contributed by atoms with E-state index < -0.39 is 7.14 Å². The van der Waals surface area contributed by atoms with Gasteiger partial charge in [0.1, 0.15) is 12.9 Å². The number of aryl methyl sites for hydroxylation is 1. The van der Waals surface area contributed by atoms with Crippen LogP contribution in [-0.4, -0.2) is 17.3 Å². The average Bonchev–Trinajstić information content (AvgIpc) is 2.53. The van der Waals surface area contributed by atoms with Crippen molar-refractivity contribution in [3.05, 3.63) is 48.0 Å². The van der Waals surface area contributed by atoms with E-state index >= 15 is 0 Å². The van der Waals surface area contributed by atoms with Crippen molar-refractivity contribution in [1.82, 2.24) is 0 Å². The van der Waals surface area contributed by atoms with Crippen molar-refractivity contribution in [2.45, 2.75) is 52.9 Å². The molecule has 0 unspecified atom stereocenters. The molecule has 134 valence electrons. The van der Waals surface area contributed by atoms with Gasteiger partial charge in [-0.15, -0.1) is 0 Å². The van der Waals surface area contributed by atoms with Crippen molar-refractivity contribution in [2.24, 2.45) is 0 Å². The Morgan fingerprint density at radius 3 is 2.12 bits per heavy atom. The Bertz CT molecular complexity index is 810. The summed E-state index contributed by atoms with van der Waals surface area (Å²) in [4.78, 5) is 11.5. The summed E-state index contributed by atoms with van der Waals surface area (Å²) in [6.45, 7) is 11.4. The van der Waals surface area contributed by atoms with Crippen LogP contribution in [0.4, 0.5) is 0 Å². The van der Waals surface area contributed by atoms with Crippen LogP contribution in [0.5, 0.6) is 5.75 Å². The summed E-state index contributed by atoms with van der Waals surface area (Å²) in [6, 6.07) is 13.4. The van der Waals surface area contributed by atoms with Gasteiger partial charge in [-0.1, -0.05) is 64.1 Å². The van der Waals surface area contributed by atoms with Crippen LogP contribution < -0.4 is 10.0 Å². The molecule has 4 heteroatoms. The second-order valence-corrected chi connectivity index (χ2v) is 10.9. The lowest BCUT2D eigenvalue weighted by Gasteiger charge is -2.29. The van der Waals surface area contributed by atoms with Crippen LogP contribution in [-0.2, 0) is 9.36 Å². The number of benzene rings is 2. The number of ether oxygens (including phenoxy) is 1. The summed E-state index contributed by atoms with van der Waals surface area (Å²) in [6.07, 6.45) is 0. The lowest BCUT2D eigenvalue weighted by atomic mass is 9.99. The highest BCUT2D eigenvalue weighted by molar-refractivity contribution is 7.73. The Labute approximate surface area is 150 Å². The zero-order valence-electron chi connectivity index (χ0n) is 15.9. The number of hydrogen-bond acceptors (Lipinski definition) is 3. The molecule has 0 N–H and O–H groups in total. The first-order valence-electron chi connectivity index (χ1n) is 8.67. The number of rotatable bonds is 5. The maximum atomic E-state index is 13.9. The molecule has 2 aromatic carbocycles. The largest absolute Gasteiger partial charge is 0.426 e. The molecule has 3 nitrogen and oxygen atoms in total. The maximum absolute atomic E-state index is 13.9. The summed E-state index contributed by atoms with van der Waals surface area (Å²) in [5.74, 6) is 0.152. The highest BCUT2D eigenvalue weighted by Gasteiger charge is 2.35. The van der Waals surface area contributed by atoms with Gasteiger partial charge >= 0.3 is 5.97 Å². The second-order valence-electron chi connectivity index (χ2n) is 6.96. The Hall–Kier alpha value is -1.86. The van der Waals surface area contributed by atoms with E-state index in [-0.39, 0.29) is 17.3 Å². The summed E-state index contributed by atoms with van der Waals surface area (Å²) in [5.41, 5.74) is 2.80. The van der Waals surface area contributed by atoms with E-state index in [1.807, 2.05) is 71.0 Å². The summed E-state index contributed by atoms with van der Waals surface area (Å²) >= 11 is 0. The van der Waals surface area contributed by atoms with E-state index in [2.05, 4.69) is 0 Å². The SMILES string of the molecule is CC(=O)Oc1cccc(C)c1-c1ccccc1P(=O)(C(C)C)C(C)C. The van der Waals surface area contributed by atoms with Gasteiger partial charge in [-0.25, -0.2) is 0 Å². The molecule has 2 rings (SSSR count). The van der Waals surface area contributed by atoms with Gasteiger partial charge < -0.3 is 9.30 Å². The van der Waals surface area contributed by atoms with Crippen molar-refractivity contribution in [2.75, 3.05) is 0 Å². The predicted octanol–water partition coefficient (Wildman–Crippen LogP) is 5.39. The van der Waals surface area contributed by atoms with Crippen LogP contribution >= 0.6 is 7.14 Å². The van der Waals surface area contributed by atoms with Crippen LogP contribution in [0.1, 0.15) is 40.2 Å². The lowest BCUT2D eigenvalue weighted by Crippen LogP contribution is -2.21. The topological polar surface area (TPSA) is 43.4 Å². The quantitative estimate of drug-likeness (QED) is 0.409. The standard InChI is InChI=1S/C21H27O3P/c1-14(2)25(23,15(3)4)20-13-8-7-11-18(20)21-16(5)10-9-12-19(21)24-17(6)22/h7-15H,1-6H3. The van der Waals surface area contributed by atoms with Gasteiger partial charge in [-0.05, 0) is 24.1 Å². The van der Waals surface area contributed by atoms with Crippen LogP contribution in [0.25, 0.3) is 11.1 Å². The zero-order chi connectivity index (χ0) is 18.8. The molecule has 0 bridgehead atoms. The van der Waals surface area contributed by atoms with E-state index in [1.54, 1.807) is 6.07 Å². The number of hydrogen-bond donors (Lipinski definition) is 0. The van der Waals surface area contributed by atoms with Crippen molar-refractivity contribution in [3.8, 4) is 16.9 Å². The molecule has 0 radical (unpaired) electrons. The van der Waals surface area contributed by atoms with Gasteiger partial charge in [0, 0.05) is 29.1 Å². The fourth-order valence-electron chi connectivity index (χ4n) is 3.37. The summed E-state index contributed by atoms with van der Waals surface area (Å²) in [7, 11) is -2.63. The predicted molar refractivity (Wildman–Crippen MR) is 105 cm³/mol. The molecule has 0 atom stereocenters.